The summed E-state index contributed by atoms with van der Waals surface area (Å²) in [7, 11) is 0. The van der Waals surface area contributed by atoms with Gasteiger partial charge in [0.2, 0.25) is 0 Å². The molecular weight excluding hydrogens is 159 g/mol. The van der Waals surface area contributed by atoms with E-state index in [1.165, 1.54) is 0 Å². The number of allylic oxidation sites excluding steroid dienone is 1. The van der Waals surface area contributed by atoms with Gasteiger partial charge in [-0.05, 0) is 25.6 Å². The van der Waals surface area contributed by atoms with Crippen LogP contribution in [0.4, 0.5) is 0 Å². The van der Waals surface area contributed by atoms with Crippen molar-refractivity contribution in [2.24, 2.45) is 5.41 Å². The van der Waals surface area contributed by atoms with Crippen molar-refractivity contribution in [3.63, 3.8) is 0 Å². The van der Waals surface area contributed by atoms with Crippen molar-refractivity contribution in [3.8, 4) is 0 Å². The Morgan fingerprint density at radius 3 is 2.00 bits per heavy atom. The quantitative estimate of drug-likeness (QED) is 0.476. The maximum absolute atomic E-state index is 5.97. The molecule has 13 heavy (non-hydrogen) atoms. The van der Waals surface area contributed by atoms with Crippen LogP contribution in [0.2, 0.25) is 13.1 Å². The lowest BCUT2D eigenvalue weighted by molar-refractivity contribution is -0.00147. The van der Waals surface area contributed by atoms with Crippen LogP contribution in [0, 0.1) is 5.41 Å². The van der Waals surface area contributed by atoms with Gasteiger partial charge in [-0.3, -0.25) is 0 Å². The zero-order chi connectivity index (χ0) is 10.7. The van der Waals surface area contributed by atoms with Crippen LogP contribution in [0.5, 0.6) is 0 Å². The van der Waals surface area contributed by atoms with Crippen LogP contribution in [0.25, 0.3) is 0 Å². The van der Waals surface area contributed by atoms with E-state index in [4.69, 9.17) is 4.65 Å². The van der Waals surface area contributed by atoms with Gasteiger partial charge in [-0.2, -0.15) is 0 Å². The van der Waals surface area contributed by atoms with Crippen molar-refractivity contribution in [3.05, 3.63) is 12.7 Å². The van der Waals surface area contributed by atoms with Crippen molar-refractivity contribution in [2.75, 3.05) is 0 Å². The van der Waals surface area contributed by atoms with Crippen molar-refractivity contribution in [1.82, 2.24) is 0 Å². The lowest BCUT2D eigenvalue weighted by Crippen LogP contribution is -2.43. The van der Waals surface area contributed by atoms with E-state index >= 15 is 0 Å². The standard InChI is InChI=1S/C11H23BO/c1-8-9-12(7)13-11(5,6)10(2,3)4/h8H,1,9H2,2-7H3. The maximum atomic E-state index is 5.97. The van der Waals surface area contributed by atoms with E-state index in [9.17, 15) is 0 Å². The Labute approximate surface area is 83.7 Å². The molecule has 0 heterocycles. The first-order valence-corrected chi connectivity index (χ1v) is 4.99. The number of rotatable bonds is 4. The zero-order valence-electron chi connectivity index (χ0n) is 9.98. The smallest absolute Gasteiger partial charge is 0.294 e. The molecule has 2 heteroatoms. The third-order valence-corrected chi connectivity index (χ3v) is 2.80. The van der Waals surface area contributed by atoms with E-state index in [-0.39, 0.29) is 17.9 Å². The molecule has 0 saturated carbocycles. The van der Waals surface area contributed by atoms with Crippen LogP contribution in [0.15, 0.2) is 12.7 Å². The summed E-state index contributed by atoms with van der Waals surface area (Å²) in [6, 6.07) is 0. The van der Waals surface area contributed by atoms with E-state index in [1.54, 1.807) is 0 Å². The minimum absolute atomic E-state index is 0.0879. The van der Waals surface area contributed by atoms with Gasteiger partial charge in [0.25, 0.3) is 6.92 Å². The Kier molecular flexibility index (Phi) is 4.24. The SMILES string of the molecule is C=CCB(C)OC(C)(C)C(C)(C)C. The third-order valence-electron chi connectivity index (χ3n) is 2.80. The molecule has 0 aliphatic heterocycles. The summed E-state index contributed by atoms with van der Waals surface area (Å²) in [5, 5.41) is 0. The highest BCUT2D eigenvalue weighted by atomic mass is 16.5. The lowest BCUT2D eigenvalue weighted by Gasteiger charge is -2.40. The fraction of sp³-hybridized carbons (Fsp3) is 0.818. The molecule has 0 aliphatic carbocycles. The summed E-state index contributed by atoms with van der Waals surface area (Å²) in [4.78, 5) is 0. The van der Waals surface area contributed by atoms with Crippen molar-refractivity contribution < 1.29 is 4.65 Å². The molecule has 0 aromatic rings. The molecule has 0 rings (SSSR count). The molecule has 0 atom stereocenters. The molecule has 76 valence electrons. The Balaban J connectivity index is 4.24. The van der Waals surface area contributed by atoms with E-state index in [2.05, 4.69) is 48.0 Å². The third kappa shape index (κ3) is 3.99. The molecule has 0 aromatic carbocycles. The highest BCUT2D eigenvalue weighted by Gasteiger charge is 2.34. The van der Waals surface area contributed by atoms with Crippen LogP contribution in [-0.2, 0) is 4.65 Å². The van der Waals surface area contributed by atoms with Crippen molar-refractivity contribution in [1.29, 1.82) is 0 Å². The van der Waals surface area contributed by atoms with Crippen LogP contribution in [0.1, 0.15) is 34.6 Å². The Hall–Kier alpha value is -0.235. The topological polar surface area (TPSA) is 9.23 Å². The Bertz CT molecular complexity index is 167. The molecular formula is C11H23BO. The van der Waals surface area contributed by atoms with Crippen molar-refractivity contribution >= 4 is 6.92 Å². The molecule has 1 nitrogen and oxygen atoms in total. The fourth-order valence-corrected chi connectivity index (χ4v) is 0.963. The molecule has 0 aromatic heterocycles. The van der Waals surface area contributed by atoms with Gasteiger partial charge in [-0.15, -0.1) is 6.58 Å². The first kappa shape index (κ1) is 12.8. The van der Waals surface area contributed by atoms with Crippen molar-refractivity contribution in [2.45, 2.75) is 53.4 Å². The van der Waals surface area contributed by atoms with Gasteiger partial charge in [0.05, 0.1) is 5.60 Å². The van der Waals surface area contributed by atoms with Crippen LogP contribution < -0.4 is 0 Å². The first-order valence-electron chi connectivity index (χ1n) is 4.99. The highest BCUT2D eigenvalue weighted by Crippen LogP contribution is 2.33. The molecule has 0 fully saturated rings. The molecule has 0 bridgehead atoms. The van der Waals surface area contributed by atoms with Gasteiger partial charge in [-0.25, -0.2) is 0 Å². The maximum Gasteiger partial charge on any atom is 0.294 e. The molecule has 0 saturated heterocycles. The molecule has 0 aliphatic rings. The van der Waals surface area contributed by atoms with Gasteiger partial charge < -0.3 is 4.65 Å². The summed E-state index contributed by atoms with van der Waals surface area (Å²) < 4.78 is 5.97. The van der Waals surface area contributed by atoms with Crippen LogP contribution in [0.3, 0.4) is 0 Å². The second-order valence-corrected chi connectivity index (χ2v) is 5.21. The predicted octanol–water partition coefficient (Wildman–Crippen LogP) is 3.64. The van der Waals surface area contributed by atoms with E-state index in [1.807, 2.05) is 6.08 Å². The molecule has 0 amide bonds. The predicted molar refractivity (Wildman–Crippen MR) is 61.2 cm³/mol. The molecule has 0 N–H and O–H groups in total. The molecule has 0 radical (unpaired) electrons. The van der Waals surface area contributed by atoms with Gasteiger partial charge in [0.1, 0.15) is 0 Å². The first-order chi connectivity index (χ1) is 5.70. The molecule has 0 spiro atoms. The van der Waals surface area contributed by atoms with Gasteiger partial charge in [0.15, 0.2) is 0 Å². The highest BCUT2D eigenvalue weighted by molar-refractivity contribution is 6.50. The van der Waals surface area contributed by atoms with E-state index < -0.39 is 0 Å². The second kappa shape index (κ2) is 4.32. The monoisotopic (exact) mass is 182 g/mol. The minimum Gasteiger partial charge on any atom is -0.431 e. The van der Waals surface area contributed by atoms with Crippen LogP contribution in [-0.4, -0.2) is 12.5 Å². The summed E-state index contributed by atoms with van der Waals surface area (Å²) in [5.41, 5.74) is 0.0812. The molecule has 0 unspecified atom stereocenters. The second-order valence-electron chi connectivity index (χ2n) is 5.21. The number of hydrogen-bond donors (Lipinski definition) is 0. The fourth-order valence-electron chi connectivity index (χ4n) is 0.963. The summed E-state index contributed by atoms with van der Waals surface area (Å²) >= 11 is 0. The van der Waals surface area contributed by atoms with E-state index in [0.717, 1.165) is 6.32 Å². The normalized spacial score (nSPS) is 12.8. The average Bonchev–Trinajstić information content (AvgIpc) is 1.83. The summed E-state index contributed by atoms with van der Waals surface area (Å²) in [6.07, 6.45) is 2.82. The van der Waals surface area contributed by atoms with Gasteiger partial charge >= 0.3 is 0 Å². The average molecular weight is 182 g/mol. The Morgan fingerprint density at radius 2 is 1.69 bits per heavy atom. The number of hydrogen-bond acceptors (Lipinski definition) is 1. The van der Waals surface area contributed by atoms with E-state index in [0.29, 0.717) is 0 Å². The summed E-state index contributed by atoms with van der Waals surface area (Å²) in [6.45, 7) is 17.0. The Morgan fingerprint density at radius 1 is 1.23 bits per heavy atom. The van der Waals surface area contributed by atoms with Crippen LogP contribution >= 0.6 is 0 Å². The van der Waals surface area contributed by atoms with Gasteiger partial charge in [0, 0.05) is 0 Å². The lowest BCUT2D eigenvalue weighted by atomic mass is 9.65. The largest absolute Gasteiger partial charge is 0.431 e. The zero-order valence-corrected chi connectivity index (χ0v) is 9.98. The van der Waals surface area contributed by atoms with Gasteiger partial charge in [-0.1, -0.05) is 33.7 Å². The minimum atomic E-state index is -0.0879. The summed E-state index contributed by atoms with van der Waals surface area (Å²) in [5.74, 6) is 0.